The van der Waals surface area contributed by atoms with Gasteiger partial charge >= 0.3 is 0 Å². The highest BCUT2D eigenvalue weighted by atomic mass is 32.1. The van der Waals surface area contributed by atoms with E-state index in [0.29, 0.717) is 18.8 Å². The zero-order chi connectivity index (χ0) is 24.4. The zero-order valence-corrected chi connectivity index (χ0v) is 19.9. The van der Waals surface area contributed by atoms with Gasteiger partial charge in [0.2, 0.25) is 5.91 Å². The average Bonchev–Trinajstić information content (AvgIpc) is 3.34. The van der Waals surface area contributed by atoms with Crippen LogP contribution in [0, 0.1) is 6.92 Å². The number of benzene rings is 2. The maximum atomic E-state index is 13.1. The Morgan fingerprint density at radius 3 is 2.80 bits per heavy atom. The van der Waals surface area contributed by atoms with Crippen LogP contribution < -0.4 is 10.2 Å². The smallest absolute Gasteiger partial charge is 0.266 e. The second-order valence-electron chi connectivity index (χ2n) is 8.49. The molecule has 1 unspecified atom stereocenters. The van der Waals surface area contributed by atoms with Crippen molar-refractivity contribution in [1.29, 1.82) is 0 Å². The highest BCUT2D eigenvalue weighted by molar-refractivity contribution is 7.09. The Balaban J connectivity index is 1.25. The largest absolute Gasteiger partial charge is 0.489 e. The number of ether oxygens (including phenoxy) is 1. The molecule has 0 fully saturated rings. The molecule has 4 aromatic rings. The second kappa shape index (κ2) is 9.81. The standard InChI is InChI=1S/C26H24N4O4S/c1-16-10-18(20-4-2-3-5-21(20)28-16)14-34-19-8-6-17(7-9-19)11-25(31)30-13-22-24(35-15-27-22)12-23(30)26(32)29-33/h2-10,15,23,33H,11-14H2,1H3,(H,29,32). The third-order valence-electron chi connectivity index (χ3n) is 6.14. The number of para-hydroxylation sites is 1. The molecule has 0 saturated carbocycles. The van der Waals surface area contributed by atoms with E-state index in [0.717, 1.165) is 38.3 Å². The maximum absolute atomic E-state index is 13.1. The molecule has 2 amide bonds. The fourth-order valence-corrected chi connectivity index (χ4v) is 5.19. The monoisotopic (exact) mass is 488 g/mol. The van der Waals surface area contributed by atoms with Crippen LogP contribution in [0.15, 0.2) is 60.1 Å². The minimum Gasteiger partial charge on any atom is -0.489 e. The third kappa shape index (κ3) is 4.87. The Kier molecular flexibility index (Phi) is 6.43. The lowest BCUT2D eigenvalue weighted by Gasteiger charge is -2.33. The number of amides is 2. The normalized spacial score (nSPS) is 15.0. The predicted molar refractivity (Wildman–Crippen MR) is 131 cm³/mol. The number of nitrogens with one attached hydrogen (secondary N) is 1. The van der Waals surface area contributed by atoms with Gasteiger partial charge < -0.3 is 9.64 Å². The number of rotatable bonds is 6. The number of aromatic nitrogens is 2. The molecule has 2 aromatic heterocycles. The number of hydrogen-bond acceptors (Lipinski definition) is 7. The first kappa shape index (κ1) is 22.9. The van der Waals surface area contributed by atoms with Crippen molar-refractivity contribution >= 4 is 34.1 Å². The van der Waals surface area contributed by atoms with Crippen LogP contribution in [0.5, 0.6) is 5.75 Å². The predicted octanol–water partition coefficient (Wildman–Crippen LogP) is 3.58. The van der Waals surface area contributed by atoms with Crippen molar-refractivity contribution in [2.45, 2.75) is 39.0 Å². The van der Waals surface area contributed by atoms with Crippen molar-refractivity contribution in [2.24, 2.45) is 0 Å². The molecule has 1 aliphatic heterocycles. The summed E-state index contributed by atoms with van der Waals surface area (Å²) in [5.41, 5.74) is 7.94. The zero-order valence-electron chi connectivity index (χ0n) is 19.1. The van der Waals surface area contributed by atoms with E-state index in [1.54, 1.807) is 11.0 Å². The summed E-state index contributed by atoms with van der Waals surface area (Å²) in [6.45, 7) is 2.62. The van der Waals surface area contributed by atoms with Crippen molar-refractivity contribution in [3.8, 4) is 5.75 Å². The molecule has 0 radical (unpaired) electrons. The number of hydrogen-bond donors (Lipinski definition) is 2. The number of carbonyl (C=O) groups excluding carboxylic acids is 2. The summed E-state index contributed by atoms with van der Waals surface area (Å²) in [7, 11) is 0. The molecule has 178 valence electrons. The van der Waals surface area contributed by atoms with Crippen molar-refractivity contribution < 1.29 is 19.5 Å². The van der Waals surface area contributed by atoms with Gasteiger partial charge in [-0.25, -0.2) is 10.5 Å². The number of carbonyl (C=O) groups is 2. The molecular formula is C26H24N4O4S. The molecule has 9 heteroatoms. The lowest BCUT2D eigenvalue weighted by atomic mass is 10.0. The van der Waals surface area contributed by atoms with Gasteiger partial charge in [-0.15, -0.1) is 11.3 Å². The van der Waals surface area contributed by atoms with E-state index in [1.807, 2.05) is 61.5 Å². The molecule has 0 aliphatic carbocycles. The van der Waals surface area contributed by atoms with Gasteiger partial charge in [-0.3, -0.25) is 19.8 Å². The average molecular weight is 489 g/mol. The topological polar surface area (TPSA) is 105 Å². The van der Waals surface area contributed by atoms with Gasteiger partial charge in [0.25, 0.3) is 5.91 Å². The van der Waals surface area contributed by atoms with Crippen LogP contribution in [-0.4, -0.2) is 37.9 Å². The number of hydroxylamine groups is 1. The summed E-state index contributed by atoms with van der Waals surface area (Å²) in [5, 5.41) is 10.2. The molecule has 35 heavy (non-hydrogen) atoms. The molecule has 3 heterocycles. The van der Waals surface area contributed by atoms with Gasteiger partial charge in [-0.05, 0) is 36.8 Å². The molecular weight excluding hydrogens is 464 g/mol. The first-order chi connectivity index (χ1) is 17.0. The Morgan fingerprint density at radius 1 is 1.20 bits per heavy atom. The summed E-state index contributed by atoms with van der Waals surface area (Å²) in [5.74, 6) is -0.105. The summed E-state index contributed by atoms with van der Waals surface area (Å²) in [4.78, 5) is 36.6. The van der Waals surface area contributed by atoms with Crippen LogP contribution in [-0.2, 0) is 35.6 Å². The van der Waals surface area contributed by atoms with Crippen molar-refractivity contribution in [3.63, 3.8) is 0 Å². The van der Waals surface area contributed by atoms with Crippen LogP contribution in [0.25, 0.3) is 10.9 Å². The maximum Gasteiger partial charge on any atom is 0.266 e. The van der Waals surface area contributed by atoms with Crippen LogP contribution >= 0.6 is 11.3 Å². The number of thiazole rings is 1. The van der Waals surface area contributed by atoms with Crippen molar-refractivity contribution in [3.05, 3.63) is 87.5 Å². The summed E-state index contributed by atoms with van der Waals surface area (Å²) in [6, 6.07) is 16.6. The quantitative estimate of drug-likeness (QED) is 0.318. The van der Waals surface area contributed by atoms with Gasteiger partial charge in [0, 0.05) is 27.9 Å². The van der Waals surface area contributed by atoms with Crippen molar-refractivity contribution in [1.82, 2.24) is 20.3 Å². The van der Waals surface area contributed by atoms with E-state index in [1.165, 1.54) is 16.2 Å². The fourth-order valence-electron chi connectivity index (χ4n) is 4.37. The molecule has 1 atom stereocenters. The van der Waals surface area contributed by atoms with Crippen LogP contribution in [0.1, 0.15) is 27.4 Å². The van der Waals surface area contributed by atoms with Crippen molar-refractivity contribution in [2.75, 3.05) is 0 Å². The number of pyridine rings is 1. The Hall–Kier alpha value is -3.82. The molecule has 0 saturated heterocycles. The minimum absolute atomic E-state index is 0.128. The molecule has 0 spiro atoms. The molecule has 2 aromatic carbocycles. The Bertz CT molecular complexity index is 1390. The molecule has 1 aliphatic rings. The number of aryl methyl sites for hydroxylation is 1. The molecule has 0 bridgehead atoms. The van der Waals surface area contributed by atoms with Crippen LogP contribution in [0.2, 0.25) is 0 Å². The van der Waals surface area contributed by atoms with Gasteiger partial charge in [-0.1, -0.05) is 30.3 Å². The van der Waals surface area contributed by atoms with Crippen LogP contribution in [0.3, 0.4) is 0 Å². The molecule has 2 N–H and O–H groups in total. The molecule has 8 nitrogen and oxygen atoms in total. The van der Waals surface area contributed by atoms with Crippen LogP contribution in [0.4, 0.5) is 0 Å². The third-order valence-corrected chi connectivity index (χ3v) is 7.03. The summed E-state index contributed by atoms with van der Waals surface area (Å²) >= 11 is 1.45. The van der Waals surface area contributed by atoms with Gasteiger partial charge in [0.1, 0.15) is 18.4 Å². The summed E-state index contributed by atoms with van der Waals surface area (Å²) < 4.78 is 6.01. The van der Waals surface area contributed by atoms with E-state index >= 15 is 0 Å². The second-order valence-corrected chi connectivity index (χ2v) is 9.43. The highest BCUT2D eigenvalue weighted by Gasteiger charge is 2.35. The molecule has 5 rings (SSSR count). The minimum atomic E-state index is -0.762. The highest BCUT2D eigenvalue weighted by Crippen LogP contribution is 2.27. The van der Waals surface area contributed by atoms with E-state index in [4.69, 9.17) is 9.94 Å². The first-order valence-corrected chi connectivity index (χ1v) is 12.1. The SMILES string of the molecule is Cc1cc(COc2ccc(CC(=O)N3Cc4ncsc4CC3C(=O)NO)cc2)c2ccccc2n1. The number of fused-ring (bicyclic) bond motifs is 2. The fraction of sp³-hybridized carbons (Fsp3) is 0.231. The number of nitrogens with zero attached hydrogens (tertiary/aromatic N) is 3. The van der Waals surface area contributed by atoms with Gasteiger partial charge in [0.05, 0.1) is 29.7 Å². The van der Waals surface area contributed by atoms with E-state index in [2.05, 4.69) is 9.97 Å². The first-order valence-electron chi connectivity index (χ1n) is 11.2. The van der Waals surface area contributed by atoms with E-state index in [-0.39, 0.29) is 18.9 Å². The van der Waals surface area contributed by atoms with E-state index in [9.17, 15) is 9.59 Å². The Labute approximate surface area is 206 Å². The summed E-state index contributed by atoms with van der Waals surface area (Å²) in [6.07, 6.45) is 0.469. The van der Waals surface area contributed by atoms with E-state index < -0.39 is 11.9 Å². The Morgan fingerprint density at radius 2 is 2.00 bits per heavy atom. The lowest BCUT2D eigenvalue weighted by molar-refractivity contribution is -0.145. The lowest BCUT2D eigenvalue weighted by Crippen LogP contribution is -2.52. The van der Waals surface area contributed by atoms with Gasteiger partial charge in [0.15, 0.2) is 0 Å². The van der Waals surface area contributed by atoms with Gasteiger partial charge in [-0.2, -0.15) is 0 Å².